The maximum absolute atomic E-state index is 14.8. The Hall–Kier alpha value is -3.12. The first-order valence-electron chi connectivity index (χ1n) is 6.66. The van der Waals surface area contributed by atoms with Crippen LogP contribution in [0.1, 0.15) is 25.3 Å². The van der Waals surface area contributed by atoms with Crippen LogP contribution in [0.25, 0.3) is 15.7 Å². The summed E-state index contributed by atoms with van der Waals surface area (Å²) >= 11 is 0. The van der Waals surface area contributed by atoms with Gasteiger partial charge in [-0.25, -0.2) is 9.24 Å². The molecule has 1 aromatic heterocycles. The third-order valence-electron chi connectivity index (χ3n) is 3.87. The van der Waals surface area contributed by atoms with Gasteiger partial charge in [-0.2, -0.15) is 10.4 Å². The fourth-order valence-electron chi connectivity index (χ4n) is 2.80. The average Bonchev–Trinajstić information content (AvgIpc) is 2.96. The van der Waals surface area contributed by atoms with Crippen LogP contribution in [0.2, 0.25) is 0 Å². The molecule has 3 rings (SSSR count). The van der Waals surface area contributed by atoms with Gasteiger partial charge in [0, 0.05) is 11.4 Å². The summed E-state index contributed by atoms with van der Waals surface area (Å²) in [5.74, 6) is -1.14. The van der Waals surface area contributed by atoms with Crippen molar-refractivity contribution in [3.63, 3.8) is 0 Å². The lowest BCUT2D eigenvalue weighted by Crippen LogP contribution is -2.23. The van der Waals surface area contributed by atoms with Crippen molar-refractivity contribution in [1.29, 1.82) is 5.26 Å². The molecule has 1 atom stereocenters. The highest BCUT2D eigenvalue weighted by Gasteiger charge is 2.32. The maximum atomic E-state index is 14.8. The second-order valence-electron chi connectivity index (χ2n) is 5.13. The molecular weight excluding hydrogens is 281 g/mol. The number of rotatable bonds is 1. The summed E-state index contributed by atoms with van der Waals surface area (Å²) in [5, 5.41) is 19.3. The summed E-state index contributed by atoms with van der Waals surface area (Å²) < 4.78 is 14.8. The Morgan fingerprint density at radius 2 is 2.14 bits per heavy atom. The van der Waals surface area contributed by atoms with Gasteiger partial charge in [-0.15, -0.1) is 0 Å². The number of benzene rings is 1. The minimum absolute atomic E-state index is 0.316. The zero-order chi connectivity index (χ0) is 15.9. The lowest BCUT2D eigenvalue weighted by Gasteiger charge is -2.26. The van der Waals surface area contributed by atoms with Gasteiger partial charge in [0.2, 0.25) is 0 Å². The predicted octanol–water partition coefficient (Wildman–Crippen LogP) is 3.34. The second kappa shape index (κ2) is 5.01. The Balaban J connectivity index is 2.30. The molecule has 5 nitrogen and oxygen atoms in total. The van der Waals surface area contributed by atoms with Crippen LogP contribution in [0.15, 0.2) is 41.0 Å². The van der Waals surface area contributed by atoms with E-state index in [-0.39, 0.29) is 0 Å². The van der Waals surface area contributed by atoms with Crippen molar-refractivity contribution < 1.29 is 4.39 Å². The van der Waals surface area contributed by atoms with E-state index in [0.717, 1.165) is 0 Å². The Morgan fingerprint density at radius 1 is 1.36 bits per heavy atom. The van der Waals surface area contributed by atoms with Crippen LogP contribution < -0.4 is 5.32 Å². The van der Waals surface area contributed by atoms with Gasteiger partial charge in [0.1, 0.15) is 5.82 Å². The predicted molar refractivity (Wildman–Crippen MR) is 79.5 cm³/mol. The van der Waals surface area contributed by atoms with Crippen LogP contribution >= 0.6 is 0 Å². The van der Waals surface area contributed by atoms with Gasteiger partial charge in [0.05, 0.1) is 41.2 Å². The molecule has 2 aromatic rings. The molecule has 108 valence electrons. The number of hydrogen-bond donors (Lipinski definition) is 2. The van der Waals surface area contributed by atoms with Crippen molar-refractivity contribution in [2.75, 3.05) is 0 Å². The van der Waals surface area contributed by atoms with Crippen molar-refractivity contribution in [3.8, 4) is 6.07 Å². The number of aromatic amines is 1. The van der Waals surface area contributed by atoms with Crippen molar-refractivity contribution in [3.05, 3.63) is 63.8 Å². The highest BCUT2D eigenvalue weighted by Crippen LogP contribution is 2.40. The summed E-state index contributed by atoms with van der Waals surface area (Å²) in [7, 11) is 0. The van der Waals surface area contributed by atoms with E-state index >= 15 is 0 Å². The fourth-order valence-corrected chi connectivity index (χ4v) is 2.80. The zero-order valence-electron chi connectivity index (χ0n) is 12.0. The number of allylic oxidation sites excluding steroid dienone is 3. The summed E-state index contributed by atoms with van der Waals surface area (Å²) in [4.78, 5) is 3.52. The largest absolute Gasteiger partial charge is 0.372 e. The number of aromatic nitrogens is 2. The number of dihydropyridines is 1. The maximum Gasteiger partial charge on any atom is 0.196 e. The van der Waals surface area contributed by atoms with E-state index in [4.69, 9.17) is 6.57 Å². The number of fused-ring (bicyclic) bond motifs is 1. The van der Waals surface area contributed by atoms with Gasteiger partial charge in [-0.05, 0) is 25.5 Å². The molecule has 1 unspecified atom stereocenters. The van der Waals surface area contributed by atoms with Crippen molar-refractivity contribution >= 4 is 10.9 Å². The van der Waals surface area contributed by atoms with Crippen molar-refractivity contribution in [1.82, 2.24) is 15.5 Å². The molecule has 0 amide bonds. The fraction of sp³-hybridized carbons (Fsp3) is 0.188. The Labute approximate surface area is 126 Å². The van der Waals surface area contributed by atoms with Crippen LogP contribution in [0.3, 0.4) is 0 Å². The molecule has 2 N–H and O–H groups in total. The Bertz CT molecular complexity index is 884. The topological polar surface area (TPSA) is 68.9 Å². The average molecular weight is 293 g/mol. The molecular formula is C16H12FN5. The molecule has 1 aliphatic rings. The first kappa shape index (κ1) is 13.8. The number of nitriles is 1. The monoisotopic (exact) mass is 293 g/mol. The Morgan fingerprint density at radius 3 is 2.82 bits per heavy atom. The zero-order valence-corrected chi connectivity index (χ0v) is 12.0. The molecule has 1 aromatic carbocycles. The molecule has 1 aliphatic heterocycles. The standard InChI is InChI=1S/C16H12FN5/c1-8-11(6-18)14(16(19-3)9(2)21-8)10-4-5-13-12(15(10)17)7-20-22-13/h4-5,7,14,21H,1-2H3,(H,20,22). The van der Waals surface area contributed by atoms with E-state index in [1.165, 1.54) is 6.20 Å². The van der Waals surface area contributed by atoms with Gasteiger partial charge in [0.15, 0.2) is 5.70 Å². The first-order chi connectivity index (χ1) is 10.6. The van der Waals surface area contributed by atoms with Crippen LogP contribution in [0, 0.1) is 23.7 Å². The summed E-state index contributed by atoms with van der Waals surface area (Å²) in [5.41, 5.74) is 2.88. The van der Waals surface area contributed by atoms with Crippen LogP contribution in [-0.2, 0) is 0 Å². The number of hydrogen-bond acceptors (Lipinski definition) is 3. The van der Waals surface area contributed by atoms with Crippen LogP contribution in [0.4, 0.5) is 4.39 Å². The lowest BCUT2D eigenvalue weighted by atomic mass is 9.84. The summed E-state index contributed by atoms with van der Waals surface area (Å²) in [6, 6.07) is 5.42. The van der Waals surface area contributed by atoms with E-state index in [1.54, 1.807) is 26.0 Å². The molecule has 0 saturated carbocycles. The van der Waals surface area contributed by atoms with Crippen molar-refractivity contribution in [2.45, 2.75) is 19.8 Å². The second-order valence-corrected chi connectivity index (χ2v) is 5.13. The summed E-state index contributed by atoms with van der Waals surface area (Å²) in [6.07, 6.45) is 1.41. The van der Waals surface area contributed by atoms with Gasteiger partial charge >= 0.3 is 0 Å². The van der Waals surface area contributed by atoms with E-state index in [2.05, 4.69) is 26.4 Å². The van der Waals surface area contributed by atoms with E-state index in [0.29, 0.717) is 39.1 Å². The number of nitrogens with zero attached hydrogens (tertiary/aromatic N) is 3. The number of halogens is 1. The Kier molecular flexibility index (Phi) is 3.15. The highest BCUT2D eigenvalue weighted by atomic mass is 19.1. The van der Waals surface area contributed by atoms with Crippen LogP contribution in [0.5, 0.6) is 0 Å². The smallest absolute Gasteiger partial charge is 0.196 e. The molecule has 6 heteroatoms. The normalized spacial score (nSPS) is 18.1. The highest BCUT2D eigenvalue weighted by molar-refractivity contribution is 5.80. The van der Waals surface area contributed by atoms with Crippen LogP contribution in [-0.4, -0.2) is 10.2 Å². The van der Waals surface area contributed by atoms with Gasteiger partial charge < -0.3 is 5.32 Å². The van der Waals surface area contributed by atoms with E-state index in [1.807, 2.05) is 0 Å². The SMILES string of the molecule is [C-]#[N+]C1=C(C)NC(C)=C(C#N)C1c1ccc2[nH]ncc2c1F. The van der Waals surface area contributed by atoms with Crippen molar-refractivity contribution in [2.24, 2.45) is 0 Å². The van der Waals surface area contributed by atoms with Gasteiger partial charge in [0.25, 0.3) is 0 Å². The number of nitrogens with one attached hydrogen (secondary N) is 2. The van der Waals surface area contributed by atoms with Gasteiger partial charge in [-0.3, -0.25) is 5.10 Å². The molecule has 0 radical (unpaired) electrons. The first-order valence-corrected chi connectivity index (χ1v) is 6.66. The molecule has 0 aliphatic carbocycles. The van der Waals surface area contributed by atoms with Gasteiger partial charge in [-0.1, -0.05) is 6.07 Å². The molecule has 2 heterocycles. The minimum atomic E-state index is -0.692. The van der Waals surface area contributed by atoms with E-state index < -0.39 is 11.7 Å². The van der Waals surface area contributed by atoms with E-state index in [9.17, 15) is 9.65 Å². The number of H-pyrrole nitrogens is 1. The third-order valence-corrected chi connectivity index (χ3v) is 3.87. The minimum Gasteiger partial charge on any atom is -0.372 e. The molecule has 0 bridgehead atoms. The third kappa shape index (κ3) is 1.86. The molecule has 0 fully saturated rings. The lowest BCUT2D eigenvalue weighted by molar-refractivity contribution is 0.615. The molecule has 22 heavy (non-hydrogen) atoms. The summed E-state index contributed by atoms with van der Waals surface area (Å²) in [6.45, 7) is 10.9. The quantitative estimate of drug-likeness (QED) is 0.792. The molecule has 0 spiro atoms. The molecule has 0 saturated heterocycles.